The van der Waals surface area contributed by atoms with E-state index >= 15 is 0 Å². The van der Waals surface area contributed by atoms with Crippen LogP contribution in [0.4, 0.5) is 0 Å². The van der Waals surface area contributed by atoms with Gasteiger partial charge in [-0.15, -0.1) is 0 Å². The van der Waals surface area contributed by atoms with Crippen LogP contribution in [0, 0.1) is 5.92 Å². The lowest BCUT2D eigenvalue weighted by molar-refractivity contribution is -0.143. The molecule has 0 aromatic rings. The Bertz CT molecular complexity index is 409. The van der Waals surface area contributed by atoms with E-state index in [1.54, 1.807) is 0 Å². The largest absolute Gasteiger partial charge is 0.466 e. The Balaban J connectivity index is 3.42. The SMILES string of the molecule is CCCCCCCCCCCCCCCOC(=O)CCCCCCCC(CCCCC)CCCCC. The highest BCUT2D eigenvalue weighted by atomic mass is 16.5. The average molecular weight is 509 g/mol. The molecule has 0 bridgehead atoms. The number of ether oxygens (including phenoxy) is 1. The van der Waals surface area contributed by atoms with Crippen molar-refractivity contribution in [1.29, 1.82) is 0 Å². The molecule has 0 unspecified atom stereocenters. The van der Waals surface area contributed by atoms with Gasteiger partial charge in [0.25, 0.3) is 0 Å². The van der Waals surface area contributed by atoms with Gasteiger partial charge < -0.3 is 4.74 Å². The molecular formula is C34H68O2. The van der Waals surface area contributed by atoms with Crippen LogP contribution >= 0.6 is 0 Å². The van der Waals surface area contributed by atoms with Crippen molar-refractivity contribution in [2.75, 3.05) is 6.61 Å². The molecule has 216 valence electrons. The molecule has 0 fully saturated rings. The van der Waals surface area contributed by atoms with E-state index in [1.807, 2.05) is 0 Å². The fourth-order valence-electron chi connectivity index (χ4n) is 5.41. The molecule has 0 aliphatic carbocycles. The zero-order chi connectivity index (χ0) is 26.4. The minimum Gasteiger partial charge on any atom is -0.466 e. The Labute approximate surface area is 228 Å². The number of esters is 1. The lowest BCUT2D eigenvalue weighted by atomic mass is 9.90. The van der Waals surface area contributed by atoms with Gasteiger partial charge in [-0.3, -0.25) is 4.79 Å². The van der Waals surface area contributed by atoms with Crippen LogP contribution in [-0.2, 0) is 9.53 Å². The highest BCUT2D eigenvalue weighted by Gasteiger charge is 2.08. The third-order valence-corrected chi connectivity index (χ3v) is 7.94. The summed E-state index contributed by atoms with van der Waals surface area (Å²) in [6, 6.07) is 0. The first kappa shape index (κ1) is 35.5. The number of carbonyl (C=O) groups is 1. The van der Waals surface area contributed by atoms with Gasteiger partial charge in [0.1, 0.15) is 0 Å². The molecule has 0 aromatic heterocycles. The summed E-state index contributed by atoms with van der Waals surface area (Å²) in [7, 11) is 0. The Kier molecular flexibility index (Phi) is 30.2. The van der Waals surface area contributed by atoms with Gasteiger partial charge in [-0.2, -0.15) is 0 Å². The predicted octanol–water partition coefficient (Wildman–Crippen LogP) is 12.1. The Morgan fingerprint density at radius 3 is 1.25 bits per heavy atom. The van der Waals surface area contributed by atoms with Crippen LogP contribution in [0.2, 0.25) is 0 Å². The molecule has 0 rings (SSSR count). The van der Waals surface area contributed by atoms with Crippen molar-refractivity contribution in [3.63, 3.8) is 0 Å². The van der Waals surface area contributed by atoms with Crippen LogP contribution < -0.4 is 0 Å². The van der Waals surface area contributed by atoms with E-state index in [4.69, 9.17) is 4.74 Å². The van der Waals surface area contributed by atoms with Gasteiger partial charge in [-0.1, -0.05) is 181 Å². The molecule has 0 atom stereocenters. The molecule has 0 aliphatic rings. The summed E-state index contributed by atoms with van der Waals surface area (Å²) in [5.41, 5.74) is 0. The summed E-state index contributed by atoms with van der Waals surface area (Å²) < 4.78 is 5.46. The van der Waals surface area contributed by atoms with Crippen molar-refractivity contribution in [1.82, 2.24) is 0 Å². The van der Waals surface area contributed by atoms with Gasteiger partial charge in [0.05, 0.1) is 6.61 Å². The Hall–Kier alpha value is -0.530. The molecule has 2 nitrogen and oxygen atoms in total. The lowest BCUT2D eigenvalue weighted by Crippen LogP contribution is -2.05. The maximum atomic E-state index is 12.0. The van der Waals surface area contributed by atoms with Crippen molar-refractivity contribution in [2.45, 2.75) is 201 Å². The third kappa shape index (κ3) is 28.0. The highest BCUT2D eigenvalue weighted by molar-refractivity contribution is 5.69. The molecule has 0 spiro atoms. The van der Waals surface area contributed by atoms with E-state index in [-0.39, 0.29) is 5.97 Å². The van der Waals surface area contributed by atoms with Crippen LogP contribution in [0.5, 0.6) is 0 Å². The number of unbranched alkanes of at least 4 members (excludes halogenated alkanes) is 20. The number of hydrogen-bond acceptors (Lipinski definition) is 2. The summed E-state index contributed by atoms with van der Waals surface area (Å²) in [6.07, 6.45) is 37.1. The molecule has 0 N–H and O–H groups in total. The molecule has 0 heterocycles. The third-order valence-electron chi connectivity index (χ3n) is 7.94. The lowest BCUT2D eigenvalue weighted by Gasteiger charge is -2.16. The second-order valence-corrected chi connectivity index (χ2v) is 11.6. The predicted molar refractivity (Wildman–Crippen MR) is 161 cm³/mol. The molecule has 0 saturated heterocycles. The van der Waals surface area contributed by atoms with E-state index in [1.165, 1.54) is 161 Å². The van der Waals surface area contributed by atoms with Gasteiger partial charge in [0.2, 0.25) is 0 Å². The zero-order valence-corrected chi connectivity index (χ0v) is 25.4. The van der Waals surface area contributed by atoms with E-state index in [0.717, 1.165) is 18.8 Å². The van der Waals surface area contributed by atoms with E-state index < -0.39 is 0 Å². The first-order valence-electron chi connectivity index (χ1n) is 16.9. The standard InChI is InChI=1S/C34H68O2/c1-4-7-10-11-12-13-14-15-16-17-18-22-27-32-36-34(35)31-26-21-19-20-25-30-33(28-23-8-5-2)29-24-9-6-3/h33H,4-32H2,1-3H3. The molecule has 36 heavy (non-hydrogen) atoms. The normalized spacial score (nSPS) is 11.4. The summed E-state index contributed by atoms with van der Waals surface area (Å²) in [5.74, 6) is 0.990. The van der Waals surface area contributed by atoms with Gasteiger partial charge in [-0.05, 0) is 18.8 Å². The minimum atomic E-state index is 0.0286. The van der Waals surface area contributed by atoms with E-state index in [9.17, 15) is 4.79 Å². The Morgan fingerprint density at radius 1 is 0.444 bits per heavy atom. The van der Waals surface area contributed by atoms with Gasteiger partial charge >= 0.3 is 5.97 Å². The fourth-order valence-corrected chi connectivity index (χ4v) is 5.41. The van der Waals surface area contributed by atoms with Crippen LogP contribution in [0.25, 0.3) is 0 Å². The van der Waals surface area contributed by atoms with Gasteiger partial charge in [0, 0.05) is 6.42 Å². The highest BCUT2D eigenvalue weighted by Crippen LogP contribution is 2.24. The molecule has 0 saturated carbocycles. The monoisotopic (exact) mass is 509 g/mol. The topological polar surface area (TPSA) is 26.3 Å². The maximum Gasteiger partial charge on any atom is 0.305 e. The number of carbonyl (C=O) groups excluding carboxylic acids is 1. The minimum absolute atomic E-state index is 0.0286. The number of hydrogen-bond donors (Lipinski definition) is 0. The summed E-state index contributed by atoms with van der Waals surface area (Å²) in [6.45, 7) is 7.53. The Morgan fingerprint density at radius 2 is 0.778 bits per heavy atom. The van der Waals surface area contributed by atoms with Crippen molar-refractivity contribution in [3.8, 4) is 0 Å². The molecule has 0 amide bonds. The zero-order valence-electron chi connectivity index (χ0n) is 25.4. The van der Waals surface area contributed by atoms with Crippen LogP contribution in [0.1, 0.15) is 201 Å². The fraction of sp³-hybridized carbons (Fsp3) is 0.971. The van der Waals surface area contributed by atoms with Crippen molar-refractivity contribution in [3.05, 3.63) is 0 Å². The first-order valence-corrected chi connectivity index (χ1v) is 16.9. The van der Waals surface area contributed by atoms with E-state index in [0.29, 0.717) is 13.0 Å². The molecular weight excluding hydrogens is 440 g/mol. The summed E-state index contributed by atoms with van der Waals surface area (Å²) in [4.78, 5) is 12.0. The summed E-state index contributed by atoms with van der Waals surface area (Å²) >= 11 is 0. The van der Waals surface area contributed by atoms with Crippen molar-refractivity contribution in [2.24, 2.45) is 5.92 Å². The van der Waals surface area contributed by atoms with E-state index in [2.05, 4.69) is 20.8 Å². The van der Waals surface area contributed by atoms with Crippen molar-refractivity contribution < 1.29 is 9.53 Å². The average Bonchev–Trinajstić information content (AvgIpc) is 2.88. The molecule has 0 aliphatic heterocycles. The number of rotatable bonds is 30. The van der Waals surface area contributed by atoms with Gasteiger partial charge in [0.15, 0.2) is 0 Å². The van der Waals surface area contributed by atoms with Gasteiger partial charge in [-0.25, -0.2) is 0 Å². The first-order chi connectivity index (χ1) is 17.7. The molecule has 2 heteroatoms. The quantitative estimate of drug-likeness (QED) is 0.0712. The second-order valence-electron chi connectivity index (χ2n) is 11.6. The summed E-state index contributed by atoms with van der Waals surface area (Å²) in [5, 5.41) is 0. The second kappa shape index (κ2) is 30.7. The van der Waals surface area contributed by atoms with Crippen LogP contribution in [0.3, 0.4) is 0 Å². The maximum absolute atomic E-state index is 12.0. The van der Waals surface area contributed by atoms with Crippen molar-refractivity contribution >= 4 is 5.97 Å². The van der Waals surface area contributed by atoms with Crippen LogP contribution in [-0.4, -0.2) is 12.6 Å². The van der Waals surface area contributed by atoms with Crippen LogP contribution in [0.15, 0.2) is 0 Å². The molecule has 0 radical (unpaired) electrons. The molecule has 0 aromatic carbocycles. The smallest absolute Gasteiger partial charge is 0.305 e.